The summed E-state index contributed by atoms with van der Waals surface area (Å²) < 4.78 is 5.63. The van der Waals surface area contributed by atoms with Crippen molar-refractivity contribution in [2.45, 2.75) is 34.1 Å². The molecule has 0 amide bonds. The minimum absolute atomic E-state index is 0.0157. The minimum atomic E-state index is -0.793. The number of carboxylic acids is 1. The normalized spacial score (nSPS) is 13.1. The number of hydrogen-bond donors (Lipinski definition) is 1. The fraction of sp³-hybridized carbons (Fsp3) is 0.533. The van der Waals surface area contributed by atoms with Crippen LogP contribution in [0.2, 0.25) is 0 Å². The predicted molar refractivity (Wildman–Crippen MR) is 71.9 cm³/mol. The number of ether oxygens (including phenoxy) is 1. The van der Waals surface area contributed by atoms with E-state index in [1.54, 1.807) is 0 Å². The van der Waals surface area contributed by atoms with Gasteiger partial charge in [-0.3, -0.25) is 4.79 Å². The summed E-state index contributed by atoms with van der Waals surface area (Å²) in [7, 11) is 0. The molecule has 0 saturated carbocycles. The van der Waals surface area contributed by atoms with Gasteiger partial charge in [-0.05, 0) is 30.4 Å². The van der Waals surface area contributed by atoms with Gasteiger partial charge >= 0.3 is 5.97 Å². The lowest BCUT2D eigenvalue weighted by molar-refractivity contribution is -0.143. The third kappa shape index (κ3) is 4.78. The molecule has 1 aromatic carbocycles. The Bertz CT molecular complexity index is 404. The van der Waals surface area contributed by atoms with Crippen LogP contribution in [0.3, 0.4) is 0 Å². The first-order valence-electron chi connectivity index (χ1n) is 6.21. The molecule has 0 spiro atoms. The zero-order valence-electron chi connectivity index (χ0n) is 11.6. The minimum Gasteiger partial charge on any atom is -0.492 e. The predicted octanol–water partition coefficient (Wildman–Crippen LogP) is 3.51. The van der Waals surface area contributed by atoms with E-state index in [1.807, 2.05) is 52.0 Å². The molecule has 3 heteroatoms. The van der Waals surface area contributed by atoms with E-state index >= 15 is 0 Å². The number of rotatable bonds is 5. The molecule has 0 aromatic heterocycles. The van der Waals surface area contributed by atoms with Gasteiger partial charge in [0.15, 0.2) is 0 Å². The van der Waals surface area contributed by atoms with E-state index in [4.69, 9.17) is 4.74 Å². The summed E-state index contributed by atoms with van der Waals surface area (Å²) in [5.41, 5.74) is 1.01. The third-order valence-electron chi connectivity index (χ3n) is 2.74. The molecule has 0 heterocycles. The molecule has 1 N–H and O–H groups in total. The lowest BCUT2D eigenvalue weighted by Crippen LogP contribution is -2.26. The van der Waals surface area contributed by atoms with Crippen LogP contribution in [0.4, 0.5) is 0 Å². The molecule has 0 aliphatic heterocycles. The molecule has 1 unspecified atom stereocenters. The maximum atomic E-state index is 11.2. The molecular weight excluding hydrogens is 228 g/mol. The lowest BCUT2D eigenvalue weighted by atomic mass is 9.85. The Kier molecular flexibility index (Phi) is 4.76. The summed E-state index contributed by atoms with van der Waals surface area (Å²) >= 11 is 0. The van der Waals surface area contributed by atoms with E-state index < -0.39 is 11.9 Å². The average molecular weight is 250 g/mol. The van der Waals surface area contributed by atoms with Gasteiger partial charge in [0.25, 0.3) is 0 Å². The highest BCUT2D eigenvalue weighted by Gasteiger charge is 2.25. The van der Waals surface area contributed by atoms with Crippen LogP contribution < -0.4 is 4.74 Å². The zero-order valence-corrected chi connectivity index (χ0v) is 11.6. The first kappa shape index (κ1) is 14.6. The number of carboxylic acid groups (broad SMARTS) is 1. The molecule has 0 aliphatic carbocycles. The molecule has 0 bridgehead atoms. The summed E-state index contributed by atoms with van der Waals surface area (Å²) in [6, 6.07) is 7.65. The number of aliphatic carboxylic acids is 1. The van der Waals surface area contributed by atoms with E-state index in [2.05, 4.69) is 0 Å². The van der Waals surface area contributed by atoms with E-state index in [-0.39, 0.29) is 12.0 Å². The highest BCUT2D eigenvalue weighted by atomic mass is 16.5. The van der Waals surface area contributed by atoms with E-state index in [0.717, 1.165) is 11.3 Å². The second kappa shape index (κ2) is 5.89. The van der Waals surface area contributed by atoms with Gasteiger partial charge in [0.2, 0.25) is 0 Å². The van der Waals surface area contributed by atoms with Crippen molar-refractivity contribution in [2.24, 2.45) is 11.3 Å². The fourth-order valence-electron chi connectivity index (χ4n) is 1.87. The Morgan fingerprint density at radius 1 is 1.33 bits per heavy atom. The van der Waals surface area contributed by atoms with Gasteiger partial charge in [0, 0.05) is 0 Å². The van der Waals surface area contributed by atoms with Crippen molar-refractivity contribution in [3.63, 3.8) is 0 Å². The van der Waals surface area contributed by atoms with Crippen molar-refractivity contribution >= 4 is 5.97 Å². The van der Waals surface area contributed by atoms with Crippen LogP contribution in [0.1, 0.15) is 32.8 Å². The van der Waals surface area contributed by atoms with Crippen molar-refractivity contribution in [3.05, 3.63) is 29.8 Å². The third-order valence-corrected chi connectivity index (χ3v) is 2.74. The van der Waals surface area contributed by atoms with Crippen molar-refractivity contribution < 1.29 is 14.6 Å². The van der Waals surface area contributed by atoms with Crippen LogP contribution in [-0.4, -0.2) is 17.7 Å². The van der Waals surface area contributed by atoms with E-state index in [1.165, 1.54) is 0 Å². The molecule has 0 radical (unpaired) electrons. The molecule has 0 fully saturated rings. The zero-order chi connectivity index (χ0) is 13.8. The second-order valence-corrected chi connectivity index (χ2v) is 5.88. The highest BCUT2D eigenvalue weighted by Crippen LogP contribution is 2.26. The number of aryl methyl sites for hydroxylation is 1. The summed E-state index contributed by atoms with van der Waals surface area (Å²) in [4.78, 5) is 11.2. The fourth-order valence-corrected chi connectivity index (χ4v) is 1.87. The molecule has 100 valence electrons. The van der Waals surface area contributed by atoms with E-state index in [0.29, 0.717) is 6.42 Å². The SMILES string of the molecule is Cc1ccccc1OCC(CC(C)(C)C)C(=O)O. The van der Waals surface area contributed by atoms with Crippen LogP contribution in [0.5, 0.6) is 5.75 Å². The maximum Gasteiger partial charge on any atom is 0.309 e. The summed E-state index contributed by atoms with van der Waals surface area (Å²) in [5.74, 6) is -0.499. The monoisotopic (exact) mass is 250 g/mol. The molecule has 3 nitrogen and oxygen atoms in total. The number of carbonyl (C=O) groups is 1. The van der Waals surface area contributed by atoms with Crippen LogP contribution in [0, 0.1) is 18.3 Å². The largest absolute Gasteiger partial charge is 0.492 e. The second-order valence-electron chi connectivity index (χ2n) is 5.88. The van der Waals surface area contributed by atoms with Gasteiger partial charge < -0.3 is 9.84 Å². The Morgan fingerprint density at radius 3 is 2.44 bits per heavy atom. The molecule has 1 rings (SSSR count). The van der Waals surface area contributed by atoms with Crippen LogP contribution >= 0.6 is 0 Å². The van der Waals surface area contributed by atoms with Gasteiger partial charge in [-0.1, -0.05) is 39.0 Å². The number of para-hydroxylation sites is 1. The molecule has 1 atom stereocenters. The van der Waals surface area contributed by atoms with Crippen molar-refractivity contribution in [1.29, 1.82) is 0 Å². The Morgan fingerprint density at radius 2 is 1.94 bits per heavy atom. The first-order valence-corrected chi connectivity index (χ1v) is 6.21. The molecule has 1 aromatic rings. The van der Waals surface area contributed by atoms with Crippen molar-refractivity contribution in [3.8, 4) is 5.75 Å². The Hall–Kier alpha value is -1.51. The topological polar surface area (TPSA) is 46.5 Å². The van der Waals surface area contributed by atoms with Crippen LogP contribution in [-0.2, 0) is 4.79 Å². The Balaban J connectivity index is 2.64. The van der Waals surface area contributed by atoms with Gasteiger partial charge in [-0.25, -0.2) is 0 Å². The van der Waals surface area contributed by atoms with Gasteiger partial charge in [0.1, 0.15) is 12.4 Å². The molecule has 18 heavy (non-hydrogen) atoms. The standard InChI is InChI=1S/C15H22O3/c1-11-7-5-6-8-13(11)18-10-12(14(16)17)9-15(2,3)4/h5-8,12H,9-10H2,1-4H3,(H,16,17). The summed E-state index contributed by atoms with van der Waals surface area (Å²) in [6.45, 7) is 8.29. The van der Waals surface area contributed by atoms with Gasteiger partial charge in [-0.15, -0.1) is 0 Å². The first-order chi connectivity index (χ1) is 8.29. The summed E-state index contributed by atoms with van der Waals surface area (Å²) in [6.07, 6.45) is 0.605. The average Bonchev–Trinajstić information content (AvgIpc) is 2.24. The molecular formula is C15H22O3. The van der Waals surface area contributed by atoms with Crippen LogP contribution in [0.15, 0.2) is 24.3 Å². The van der Waals surface area contributed by atoms with Crippen molar-refractivity contribution in [1.82, 2.24) is 0 Å². The van der Waals surface area contributed by atoms with Crippen molar-refractivity contribution in [2.75, 3.05) is 6.61 Å². The molecule has 0 aliphatic rings. The maximum absolute atomic E-state index is 11.2. The number of benzene rings is 1. The number of hydrogen-bond acceptors (Lipinski definition) is 2. The Labute approximate surface area is 109 Å². The van der Waals surface area contributed by atoms with Gasteiger partial charge in [0.05, 0.1) is 5.92 Å². The van der Waals surface area contributed by atoms with Gasteiger partial charge in [-0.2, -0.15) is 0 Å². The van der Waals surface area contributed by atoms with E-state index in [9.17, 15) is 9.90 Å². The summed E-state index contributed by atoms with van der Waals surface area (Å²) in [5, 5.41) is 9.20. The quantitative estimate of drug-likeness (QED) is 0.869. The highest BCUT2D eigenvalue weighted by molar-refractivity contribution is 5.70. The smallest absolute Gasteiger partial charge is 0.309 e. The van der Waals surface area contributed by atoms with Crippen LogP contribution in [0.25, 0.3) is 0 Å². The molecule has 0 saturated heterocycles. The lowest BCUT2D eigenvalue weighted by Gasteiger charge is -2.23.